The molecule has 0 atom stereocenters. The number of hydrogen-bond donors (Lipinski definition) is 0. The molecule has 0 saturated heterocycles. The summed E-state index contributed by atoms with van der Waals surface area (Å²) in [7, 11) is 4.44. The van der Waals surface area contributed by atoms with Crippen LogP contribution in [0.3, 0.4) is 0 Å². The number of Topliss-reactive ketones (excluding diaryl/α,β-unsaturated/α-hetero) is 1. The fourth-order valence-corrected chi connectivity index (χ4v) is 1.50. The first-order valence-electron chi connectivity index (χ1n) is 4.46. The molecule has 0 aromatic carbocycles. The van der Waals surface area contributed by atoms with Gasteiger partial charge in [-0.25, -0.2) is 5.06 Å². The molecule has 1 aromatic rings. The second-order valence-electron chi connectivity index (χ2n) is 3.07. The van der Waals surface area contributed by atoms with E-state index in [1.54, 1.807) is 7.05 Å². The normalized spacial score (nSPS) is 10.2. The third-order valence-electron chi connectivity index (χ3n) is 2.12. The Labute approximate surface area is 101 Å². The lowest BCUT2D eigenvalue weighted by atomic mass is 10.2. The lowest BCUT2D eigenvalue weighted by Crippen LogP contribution is -2.29. The average Bonchev–Trinajstić information content (AvgIpc) is 2.68. The molecule has 1 aromatic heterocycles. The molecule has 1 heterocycles. The van der Waals surface area contributed by atoms with Crippen LogP contribution in [0.1, 0.15) is 20.8 Å². The Hall–Kier alpha value is -1.21. The number of amides is 1. The van der Waals surface area contributed by atoms with E-state index in [9.17, 15) is 9.59 Å². The van der Waals surface area contributed by atoms with E-state index < -0.39 is 5.91 Å². The molecule has 0 aliphatic carbocycles. The number of aromatic nitrogens is 2. The smallest absolute Gasteiger partial charge is 0.293 e. The van der Waals surface area contributed by atoms with E-state index in [0.29, 0.717) is 0 Å². The van der Waals surface area contributed by atoms with Crippen molar-refractivity contribution in [2.45, 2.75) is 0 Å². The highest BCUT2D eigenvalue weighted by Crippen LogP contribution is 2.12. The summed E-state index contributed by atoms with van der Waals surface area (Å²) in [6.07, 6.45) is 1.38. The fraction of sp³-hybridized carbons (Fsp3) is 0.444. The van der Waals surface area contributed by atoms with E-state index in [0.717, 1.165) is 5.06 Å². The summed E-state index contributed by atoms with van der Waals surface area (Å²) in [5, 5.41) is 5.09. The molecule has 0 aliphatic rings. The summed E-state index contributed by atoms with van der Waals surface area (Å²) in [6.45, 7) is 0. The third-order valence-corrected chi connectivity index (χ3v) is 2.63. The molecule has 7 heteroatoms. The zero-order valence-corrected chi connectivity index (χ0v) is 10.8. The summed E-state index contributed by atoms with van der Waals surface area (Å²) < 4.78 is 1.35. The van der Waals surface area contributed by atoms with Crippen LogP contribution in [0.4, 0.5) is 0 Å². The van der Waals surface area contributed by atoms with E-state index in [4.69, 9.17) is 4.84 Å². The van der Waals surface area contributed by atoms with Gasteiger partial charge < -0.3 is 0 Å². The lowest BCUT2D eigenvalue weighted by molar-refractivity contribution is -0.0763. The van der Waals surface area contributed by atoms with Crippen LogP contribution in [-0.2, 0) is 11.9 Å². The standard InChI is InChI=1S/C9H12BrN3O3/c1-12-8(9(15)13(2)16-3)6(5-11-12)7(14)4-10/h5H,4H2,1-3H3. The number of carbonyl (C=O) groups is 2. The van der Waals surface area contributed by atoms with Crippen LogP contribution in [0.15, 0.2) is 6.20 Å². The predicted octanol–water partition coefficient (Wildman–Crippen LogP) is 0.631. The molecule has 0 N–H and O–H groups in total. The van der Waals surface area contributed by atoms with Crippen LogP contribution in [0.5, 0.6) is 0 Å². The van der Waals surface area contributed by atoms with Crippen LogP contribution in [-0.4, -0.2) is 46.0 Å². The highest BCUT2D eigenvalue weighted by Gasteiger charge is 2.23. The van der Waals surface area contributed by atoms with Crippen molar-refractivity contribution in [2.24, 2.45) is 7.05 Å². The number of hydrogen-bond acceptors (Lipinski definition) is 4. The Balaban J connectivity index is 3.16. The Kier molecular flexibility index (Phi) is 4.19. The van der Waals surface area contributed by atoms with Crippen molar-refractivity contribution in [1.29, 1.82) is 0 Å². The molecule has 0 aliphatic heterocycles. The highest BCUT2D eigenvalue weighted by atomic mass is 79.9. The van der Waals surface area contributed by atoms with Crippen LogP contribution < -0.4 is 0 Å². The van der Waals surface area contributed by atoms with Gasteiger partial charge in [-0.05, 0) is 0 Å². The molecule has 0 radical (unpaired) electrons. The first kappa shape index (κ1) is 12.9. The number of rotatable bonds is 4. The monoisotopic (exact) mass is 289 g/mol. The average molecular weight is 290 g/mol. The SMILES string of the molecule is CON(C)C(=O)c1c(C(=O)CBr)cnn1C. The van der Waals surface area contributed by atoms with Gasteiger partial charge >= 0.3 is 0 Å². The predicted molar refractivity (Wildman–Crippen MR) is 60.4 cm³/mol. The number of hydroxylamine groups is 2. The summed E-state index contributed by atoms with van der Waals surface area (Å²) >= 11 is 3.06. The van der Waals surface area contributed by atoms with Gasteiger partial charge in [0.1, 0.15) is 5.69 Å². The maximum absolute atomic E-state index is 11.9. The maximum atomic E-state index is 11.9. The lowest BCUT2D eigenvalue weighted by Gasteiger charge is -2.14. The molecular weight excluding hydrogens is 278 g/mol. The summed E-state index contributed by atoms with van der Waals surface area (Å²) in [5.74, 6) is -0.604. The van der Waals surface area contributed by atoms with Crippen LogP contribution in [0.2, 0.25) is 0 Å². The van der Waals surface area contributed by atoms with Gasteiger partial charge in [-0.1, -0.05) is 15.9 Å². The first-order chi connectivity index (χ1) is 7.52. The summed E-state index contributed by atoms with van der Waals surface area (Å²) in [5.41, 5.74) is 0.502. The van der Waals surface area contributed by atoms with E-state index in [2.05, 4.69) is 21.0 Å². The molecule has 0 saturated carbocycles. The van der Waals surface area contributed by atoms with Crippen molar-refractivity contribution in [3.8, 4) is 0 Å². The van der Waals surface area contributed by atoms with Gasteiger partial charge in [-0.15, -0.1) is 0 Å². The van der Waals surface area contributed by atoms with Gasteiger partial charge in [0.15, 0.2) is 5.78 Å². The van der Waals surface area contributed by atoms with Crippen molar-refractivity contribution < 1.29 is 14.4 Å². The topological polar surface area (TPSA) is 64.4 Å². The van der Waals surface area contributed by atoms with Gasteiger partial charge in [0.2, 0.25) is 0 Å². The maximum Gasteiger partial charge on any atom is 0.296 e. The number of nitrogens with zero attached hydrogens (tertiary/aromatic N) is 3. The van der Waals surface area contributed by atoms with Crippen LogP contribution >= 0.6 is 15.9 Å². The number of carbonyl (C=O) groups excluding carboxylic acids is 2. The quantitative estimate of drug-likeness (QED) is 0.463. The van der Waals surface area contributed by atoms with Crippen molar-refractivity contribution in [1.82, 2.24) is 14.8 Å². The van der Waals surface area contributed by atoms with Crippen molar-refractivity contribution in [2.75, 3.05) is 19.5 Å². The molecule has 16 heavy (non-hydrogen) atoms. The minimum Gasteiger partial charge on any atom is -0.293 e. The van der Waals surface area contributed by atoms with Crippen LogP contribution in [0.25, 0.3) is 0 Å². The van der Waals surface area contributed by atoms with E-state index in [-0.39, 0.29) is 22.4 Å². The molecule has 0 unspecified atom stereocenters. The highest BCUT2D eigenvalue weighted by molar-refractivity contribution is 9.09. The molecule has 0 bridgehead atoms. The number of alkyl halides is 1. The molecule has 0 fully saturated rings. The summed E-state index contributed by atoms with van der Waals surface area (Å²) in [6, 6.07) is 0. The minimum atomic E-state index is -0.410. The largest absolute Gasteiger partial charge is 0.296 e. The molecule has 1 amide bonds. The second kappa shape index (κ2) is 5.22. The molecular formula is C9H12BrN3O3. The first-order valence-corrected chi connectivity index (χ1v) is 5.58. The van der Waals surface area contributed by atoms with E-state index in [1.165, 1.54) is 25.0 Å². The molecule has 1 rings (SSSR count). The molecule has 6 nitrogen and oxygen atoms in total. The summed E-state index contributed by atoms with van der Waals surface area (Å²) in [4.78, 5) is 28.2. The Bertz CT molecular complexity index is 416. The van der Waals surface area contributed by atoms with Gasteiger partial charge in [-0.2, -0.15) is 5.10 Å². The molecule has 88 valence electrons. The van der Waals surface area contributed by atoms with Gasteiger partial charge in [0, 0.05) is 14.1 Å². The number of aryl methyl sites for hydroxylation is 1. The zero-order chi connectivity index (χ0) is 12.3. The third kappa shape index (κ3) is 2.30. The van der Waals surface area contributed by atoms with Gasteiger partial charge in [0.05, 0.1) is 24.2 Å². The Morgan fingerprint density at radius 3 is 2.75 bits per heavy atom. The Morgan fingerprint density at radius 2 is 2.25 bits per heavy atom. The van der Waals surface area contributed by atoms with Gasteiger partial charge in [-0.3, -0.25) is 19.1 Å². The Morgan fingerprint density at radius 1 is 1.62 bits per heavy atom. The number of halogens is 1. The zero-order valence-electron chi connectivity index (χ0n) is 9.23. The van der Waals surface area contributed by atoms with Crippen molar-refractivity contribution in [3.63, 3.8) is 0 Å². The minimum absolute atomic E-state index is 0.148. The van der Waals surface area contributed by atoms with Crippen LogP contribution in [0, 0.1) is 0 Å². The van der Waals surface area contributed by atoms with E-state index >= 15 is 0 Å². The molecule has 0 spiro atoms. The van der Waals surface area contributed by atoms with Crippen molar-refractivity contribution >= 4 is 27.6 Å². The van der Waals surface area contributed by atoms with Crippen molar-refractivity contribution in [3.05, 3.63) is 17.5 Å². The second-order valence-corrected chi connectivity index (χ2v) is 3.63. The number of ketones is 1. The van der Waals surface area contributed by atoms with Gasteiger partial charge in [0.25, 0.3) is 5.91 Å². The van der Waals surface area contributed by atoms with E-state index in [1.807, 2.05) is 0 Å². The fourth-order valence-electron chi connectivity index (χ4n) is 1.20.